The predicted molar refractivity (Wildman–Crippen MR) is 80.4 cm³/mol. The Morgan fingerprint density at radius 3 is 2.61 bits per heavy atom. The van der Waals surface area contributed by atoms with E-state index in [1.165, 1.54) is 9.75 Å². The molecule has 2 N–H and O–H groups in total. The number of rotatable bonds is 4. The molecule has 2 rings (SSSR count). The molecular formula is C12H15BrN4S. The van der Waals surface area contributed by atoms with Crippen LogP contribution in [0, 0.1) is 6.92 Å². The van der Waals surface area contributed by atoms with E-state index in [0.717, 1.165) is 16.1 Å². The Morgan fingerprint density at radius 2 is 2.00 bits per heavy atom. The number of thiophene rings is 1. The van der Waals surface area contributed by atoms with Gasteiger partial charge < -0.3 is 10.6 Å². The molecular weight excluding hydrogens is 312 g/mol. The van der Waals surface area contributed by atoms with Gasteiger partial charge in [-0.15, -0.1) is 11.3 Å². The number of aryl methyl sites for hydroxylation is 1. The van der Waals surface area contributed by atoms with Crippen LogP contribution in [0.1, 0.15) is 22.7 Å². The van der Waals surface area contributed by atoms with Crippen molar-refractivity contribution >= 4 is 38.9 Å². The number of anilines is 2. The third-order valence-electron chi connectivity index (χ3n) is 2.57. The zero-order valence-corrected chi connectivity index (χ0v) is 12.9. The van der Waals surface area contributed by atoms with Gasteiger partial charge in [0.05, 0.1) is 6.04 Å². The van der Waals surface area contributed by atoms with Crippen molar-refractivity contribution in [1.29, 1.82) is 0 Å². The van der Waals surface area contributed by atoms with Crippen molar-refractivity contribution in [3.05, 3.63) is 32.7 Å². The van der Waals surface area contributed by atoms with E-state index in [-0.39, 0.29) is 6.04 Å². The third-order valence-corrected chi connectivity index (χ3v) is 4.50. The van der Waals surface area contributed by atoms with Crippen molar-refractivity contribution in [2.75, 3.05) is 17.7 Å². The van der Waals surface area contributed by atoms with E-state index >= 15 is 0 Å². The first-order valence-corrected chi connectivity index (χ1v) is 7.24. The molecule has 0 aliphatic carbocycles. The van der Waals surface area contributed by atoms with Crippen LogP contribution in [0.25, 0.3) is 0 Å². The summed E-state index contributed by atoms with van der Waals surface area (Å²) in [4.78, 5) is 11.0. The highest BCUT2D eigenvalue weighted by Crippen LogP contribution is 2.30. The molecule has 0 saturated heterocycles. The Bertz CT molecular complexity index is 541. The Kier molecular flexibility index (Phi) is 4.19. The molecule has 0 amide bonds. The predicted octanol–water partition coefficient (Wildman–Crippen LogP) is 3.82. The minimum absolute atomic E-state index is 0.222. The molecule has 4 nitrogen and oxygen atoms in total. The van der Waals surface area contributed by atoms with Gasteiger partial charge in [0.15, 0.2) is 0 Å². The van der Waals surface area contributed by atoms with E-state index in [1.807, 2.05) is 7.05 Å². The van der Waals surface area contributed by atoms with Crippen LogP contribution in [0.2, 0.25) is 0 Å². The van der Waals surface area contributed by atoms with Gasteiger partial charge in [0.2, 0.25) is 0 Å². The summed E-state index contributed by atoms with van der Waals surface area (Å²) in [6.07, 6.45) is 1.55. The molecule has 0 aromatic carbocycles. The lowest BCUT2D eigenvalue weighted by Crippen LogP contribution is -2.08. The van der Waals surface area contributed by atoms with Gasteiger partial charge in [-0.2, -0.15) is 0 Å². The van der Waals surface area contributed by atoms with E-state index in [2.05, 4.69) is 62.5 Å². The van der Waals surface area contributed by atoms with Crippen LogP contribution < -0.4 is 10.6 Å². The highest BCUT2D eigenvalue weighted by atomic mass is 79.9. The molecule has 2 aromatic rings. The van der Waals surface area contributed by atoms with Crippen LogP contribution in [0.15, 0.2) is 22.9 Å². The number of nitrogens with one attached hydrogen (secondary N) is 2. The maximum Gasteiger partial charge on any atom is 0.146 e. The van der Waals surface area contributed by atoms with Gasteiger partial charge in [0.1, 0.15) is 22.4 Å². The molecule has 0 saturated carbocycles. The highest BCUT2D eigenvalue weighted by Gasteiger charge is 2.12. The molecule has 1 unspecified atom stereocenters. The summed E-state index contributed by atoms with van der Waals surface area (Å²) in [6.45, 7) is 4.24. The summed E-state index contributed by atoms with van der Waals surface area (Å²) in [7, 11) is 1.84. The van der Waals surface area contributed by atoms with Gasteiger partial charge in [-0.1, -0.05) is 0 Å². The topological polar surface area (TPSA) is 49.8 Å². The molecule has 1 atom stereocenters. The molecule has 0 aliphatic heterocycles. The molecule has 0 radical (unpaired) electrons. The molecule has 18 heavy (non-hydrogen) atoms. The van der Waals surface area contributed by atoms with Gasteiger partial charge in [-0.05, 0) is 41.9 Å². The third kappa shape index (κ3) is 2.81. The van der Waals surface area contributed by atoms with Crippen molar-refractivity contribution < 1.29 is 0 Å². The fourth-order valence-electron chi connectivity index (χ4n) is 1.61. The van der Waals surface area contributed by atoms with Gasteiger partial charge in [0, 0.05) is 16.8 Å². The zero-order valence-electron chi connectivity index (χ0n) is 10.5. The summed E-state index contributed by atoms with van der Waals surface area (Å²) in [5, 5.41) is 6.40. The average Bonchev–Trinajstić information content (AvgIpc) is 2.78. The number of halogens is 1. The molecule has 2 aromatic heterocycles. The molecule has 96 valence electrons. The largest absolute Gasteiger partial charge is 0.372 e. The van der Waals surface area contributed by atoms with Crippen LogP contribution in [-0.2, 0) is 0 Å². The van der Waals surface area contributed by atoms with Crippen molar-refractivity contribution in [2.45, 2.75) is 19.9 Å². The van der Waals surface area contributed by atoms with E-state index in [4.69, 9.17) is 0 Å². The highest BCUT2D eigenvalue weighted by molar-refractivity contribution is 9.10. The maximum atomic E-state index is 4.25. The minimum atomic E-state index is 0.222. The molecule has 0 fully saturated rings. The molecule has 0 aliphatic rings. The van der Waals surface area contributed by atoms with Crippen LogP contribution in [0.3, 0.4) is 0 Å². The van der Waals surface area contributed by atoms with Crippen LogP contribution >= 0.6 is 27.3 Å². The van der Waals surface area contributed by atoms with Crippen LogP contribution in [0.4, 0.5) is 11.6 Å². The van der Waals surface area contributed by atoms with E-state index < -0.39 is 0 Å². The summed E-state index contributed by atoms with van der Waals surface area (Å²) in [5.41, 5.74) is 0. The van der Waals surface area contributed by atoms with E-state index in [0.29, 0.717) is 0 Å². The Balaban J connectivity index is 2.19. The quantitative estimate of drug-likeness (QED) is 0.896. The minimum Gasteiger partial charge on any atom is -0.372 e. The second kappa shape index (κ2) is 5.67. The van der Waals surface area contributed by atoms with Crippen molar-refractivity contribution in [3.8, 4) is 0 Å². The summed E-state index contributed by atoms with van der Waals surface area (Å²) >= 11 is 5.30. The maximum absolute atomic E-state index is 4.25. The monoisotopic (exact) mass is 326 g/mol. The first-order chi connectivity index (χ1) is 8.61. The zero-order chi connectivity index (χ0) is 13.1. The number of aromatic nitrogens is 2. The standard InChI is InChI=1S/C12H15BrN4S/c1-7-4-5-9(18-7)8(2)17-12-10(13)11(14-3)15-6-16-12/h4-6,8H,1-3H3,(H2,14,15,16,17). The number of hydrogen-bond acceptors (Lipinski definition) is 5. The van der Waals surface area contributed by atoms with Gasteiger partial charge in [-0.25, -0.2) is 9.97 Å². The summed E-state index contributed by atoms with van der Waals surface area (Å²) in [6, 6.07) is 4.50. The fraction of sp³-hybridized carbons (Fsp3) is 0.333. The van der Waals surface area contributed by atoms with Gasteiger partial charge in [-0.3, -0.25) is 0 Å². The first-order valence-electron chi connectivity index (χ1n) is 5.63. The number of nitrogens with zero attached hydrogens (tertiary/aromatic N) is 2. The lowest BCUT2D eigenvalue weighted by Gasteiger charge is -2.15. The molecule has 0 spiro atoms. The summed E-state index contributed by atoms with van der Waals surface area (Å²) < 4.78 is 0.854. The summed E-state index contributed by atoms with van der Waals surface area (Å²) in [5.74, 6) is 1.58. The molecule has 0 bridgehead atoms. The van der Waals surface area contributed by atoms with Crippen LogP contribution in [-0.4, -0.2) is 17.0 Å². The molecule has 2 heterocycles. The van der Waals surface area contributed by atoms with Gasteiger partial charge >= 0.3 is 0 Å². The lowest BCUT2D eigenvalue weighted by molar-refractivity contribution is 0.891. The second-order valence-corrected chi connectivity index (χ2v) is 6.06. The average molecular weight is 327 g/mol. The van der Waals surface area contributed by atoms with E-state index in [9.17, 15) is 0 Å². The fourth-order valence-corrected chi connectivity index (χ4v) is 3.00. The second-order valence-electron chi connectivity index (χ2n) is 3.95. The normalized spacial score (nSPS) is 12.2. The van der Waals surface area contributed by atoms with Crippen molar-refractivity contribution in [3.63, 3.8) is 0 Å². The Hall–Kier alpha value is -1.14. The Morgan fingerprint density at radius 1 is 1.28 bits per heavy atom. The van der Waals surface area contributed by atoms with Crippen LogP contribution in [0.5, 0.6) is 0 Å². The SMILES string of the molecule is CNc1ncnc(NC(C)c2ccc(C)s2)c1Br. The lowest BCUT2D eigenvalue weighted by atomic mass is 10.2. The van der Waals surface area contributed by atoms with Crippen molar-refractivity contribution in [1.82, 2.24) is 9.97 Å². The van der Waals surface area contributed by atoms with Gasteiger partial charge in [0.25, 0.3) is 0 Å². The first kappa shape index (κ1) is 13.3. The van der Waals surface area contributed by atoms with E-state index in [1.54, 1.807) is 17.7 Å². The van der Waals surface area contributed by atoms with Crippen molar-refractivity contribution in [2.24, 2.45) is 0 Å². The smallest absolute Gasteiger partial charge is 0.146 e. The number of hydrogen-bond donors (Lipinski definition) is 2. The Labute approximate surface area is 119 Å². The molecule has 6 heteroatoms.